The summed E-state index contributed by atoms with van der Waals surface area (Å²) in [5.74, 6) is -0.394. The first-order chi connectivity index (χ1) is 11.5. The molecule has 1 aromatic heterocycles. The maximum atomic E-state index is 11.9. The second-order valence-electron chi connectivity index (χ2n) is 5.29. The summed E-state index contributed by atoms with van der Waals surface area (Å²) >= 11 is 6.25. The van der Waals surface area contributed by atoms with Crippen LogP contribution in [0.3, 0.4) is 0 Å². The molecule has 24 heavy (non-hydrogen) atoms. The lowest BCUT2D eigenvalue weighted by Crippen LogP contribution is -2.30. The second-order valence-corrected chi connectivity index (χ2v) is 5.69. The van der Waals surface area contributed by atoms with Gasteiger partial charge in [-0.25, -0.2) is 4.79 Å². The Kier molecular flexibility index (Phi) is 4.27. The highest BCUT2D eigenvalue weighted by Crippen LogP contribution is 2.35. The van der Waals surface area contributed by atoms with Crippen LogP contribution in [0.15, 0.2) is 57.7 Å². The van der Waals surface area contributed by atoms with E-state index in [0.717, 1.165) is 5.56 Å². The van der Waals surface area contributed by atoms with E-state index in [9.17, 15) is 9.59 Å². The topological polar surface area (TPSA) is 82.5 Å². The number of fused-ring (bicyclic) bond motifs is 1. The lowest BCUT2D eigenvalue weighted by molar-refractivity contribution is -0.123. The summed E-state index contributed by atoms with van der Waals surface area (Å²) < 4.78 is 10.7. The number of amides is 1. The van der Waals surface area contributed by atoms with Gasteiger partial charge in [-0.15, -0.1) is 0 Å². The van der Waals surface area contributed by atoms with Gasteiger partial charge in [0.2, 0.25) is 0 Å². The van der Waals surface area contributed by atoms with Crippen molar-refractivity contribution in [1.82, 2.24) is 0 Å². The minimum Gasteiger partial charge on any atom is -0.479 e. The molecule has 0 aliphatic carbocycles. The highest BCUT2D eigenvalue weighted by molar-refractivity contribution is 6.33. The van der Waals surface area contributed by atoms with Crippen molar-refractivity contribution in [2.75, 3.05) is 0 Å². The molecule has 3 aromatic rings. The number of carbonyl (C=O) groups excluding carboxylic acids is 1. The van der Waals surface area contributed by atoms with Gasteiger partial charge in [0.15, 0.2) is 6.10 Å². The van der Waals surface area contributed by atoms with Crippen LogP contribution < -0.4 is 16.1 Å². The van der Waals surface area contributed by atoms with Crippen LogP contribution >= 0.6 is 11.6 Å². The third-order valence-corrected chi connectivity index (χ3v) is 3.88. The molecule has 2 N–H and O–H groups in total. The minimum absolute atomic E-state index is 0.226. The Morgan fingerprint density at radius 3 is 2.58 bits per heavy atom. The van der Waals surface area contributed by atoms with E-state index >= 15 is 0 Å². The molecule has 3 rings (SSSR count). The number of hydrogen-bond donors (Lipinski definition) is 1. The van der Waals surface area contributed by atoms with Crippen LogP contribution in [0, 0.1) is 0 Å². The predicted octanol–water partition coefficient (Wildman–Crippen LogP) is 3.37. The highest BCUT2D eigenvalue weighted by Gasteiger charge is 2.16. The molecule has 0 saturated carbocycles. The van der Waals surface area contributed by atoms with Gasteiger partial charge in [-0.3, -0.25) is 4.79 Å². The van der Waals surface area contributed by atoms with Crippen LogP contribution in [0.5, 0.6) is 5.75 Å². The number of carbonyl (C=O) groups is 1. The van der Waals surface area contributed by atoms with Crippen molar-refractivity contribution in [3.63, 3.8) is 0 Å². The highest BCUT2D eigenvalue weighted by atomic mass is 35.5. The fraction of sp³-hybridized carbons (Fsp3) is 0.111. The Morgan fingerprint density at radius 1 is 1.21 bits per heavy atom. The summed E-state index contributed by atoms with van der Waals surface area (Å²) in [6.45, 7) is 1.51. The van der Waals surface area contributed by atoms with Crippen molar-refractivity contribution < 1.29 is 13.9 Å². The lowest BCUT2D eigenvalue weighted by atomic mass is 10.0. The first kappa shape index (κ1) is 16.1. The zero-order valence-corrected chi connectivity index (χ0v) is 13.5. The number of nitrogens with two attached hydrogens (primary N) is 1. The summed E-state index contributed by atoms with van der Waals surface area (Å²) in [6, 6.07) is 14.0. The standard InChI is InChI=1S/C18H14ClNO4/c1-10(18(20)22)23-16-9-15-13(7-14(16)19)12(8-17(21)24-15)11-5-3-2-4-6-11/h2-10H,1H3,(H2,20,22)/t10-/m1/s1. The summed E-state index contributed by atoms with van der Waals surface area (Å²) in [6.07, 6.45) is -0.857. The monoisotopic (exact) mass is 343 g/mol. The van der Waals surface area contributed by atoms with E-state index in [0.29, 0.717) is 21.6 Å². The largest absolute Gasteiger partial charge is 0.479 e. The van der Waals surface area contributed by atoms with Gasteiger partial charge in [0.1, 0.15) is 11.3 Å². The van der Waals surface area contributed by atoms with Crippen LogP contribution in [-0.4, -0.2) is 12.0 Å². The number of primary amides is 1. The van der Waals surface area contributed by atoms with Gasteiger partial charge in [-0.05, 0) is 24.1 Å². The average Bonchev–Trinajstić information content (AvgIpc) is 2.56. The normalized spacial score (nSPS) is 12.1. The molecule has 1 amide bonds. The Bertz CT molecular complexity index is 966. The van der Waals surface area contributed by atoms with Gasteiger partial charge >= 0.3 is 5.63 Å². The zero-order valence-electron chi connectivity index (χ0n) is 12.8. The summed E-state index contributed by atoms with van der Waals surface area (Å²) in [5.41, 5.74) is 6.59. The molecule has 0 aliphatic rings. The van der Waals surface area contributed by atoms with Crippen molar-refractivity contribution in [3.8, 4) is 16.9 Å². The van der Waals surface area contributed by atoms with Gasteiger partial charge in [-0.1, -0.05) is 41.9 Å². The van der Waals surface area contributed by atoms with E-state index in [1.54, 1.807) is 6.07 Å². The van der Waals surface area contributed by atoms with E-state index < -0.39 is 17.6 Å². The smallest absolute Gasteiger partial charge is 0.336 e. The quantitative estimate of drug-likeness (QED) is 0.736. The second kappa shape index (κ2) is 6.37. The molecule has 0 unspecified atom stereocenters. The molecule has 0 radical (unpaired) electrons. The van der Waals surface area contributed by atoms with E-state index in [2.05, 4.69) is 0 Å². The van der Waals surface area contributed by atoms with Crippen LogP contribution in [0.2, 0.25) is 5.02 Å². The fourth-order valence-electron chi connectivity index (χ4n) is 2.36. The number of rotatable bonds is 4. The van der Waals surface area contributed by atoms with Gasteiger partial charge in [0.25, 0.3) is 5.91 Å². The van der Waals surface area contributed by atoms with Gasteiger partial charge < -0.3 is 14.9 Å². The zero-order chi connectivity index (χ0) is 17.3. The number of ether oxygens (including phenoxy) is 1. The molecule has 6 heteroatoms. The first-order valence-corrected chi connectivity index (χ1v) is 7.62. The minimum atomic E-state index is -0.857. The molecule has 0 saturated heterocycles. The van der Waals surface area contributed by atoms with Crippen molar-refractivity contribution >= 4 is 28.5 Å². The van der Waals surface area contributed by atoms with Gasteiger partial charge in [0, 0.05) is 17.5 Å². The van der Waals surface area contributed by atoms with Gasteiger partial charge in [-0.2, -0.15) is 0 Å². The summed E-state index contributed by atoms with van der Waals surface area (Å²) in [5, 5.41) is 0.964. The van der Waals surface area contributed by atoms with Crippen LogP contribution in [-0.2, 0) is 4.79 Å². The van der Waals surface area contributed by atoms with Crippen LogP contribution in [0.1, 0.15) is 6.92 Å². The molecule has 0 bridgehead atoms. The number of halogens is 1. The van der Waals surface area contributed by atoms with Crippen molar-refractivity contribution in [2.45, 2.75) is 13.0 Å². The first-order valence-electron chi connectivity index (χ1n) is 7.24. The SMILES string of the molecule is C[C@@H](Oc1cc2oc(=O)cc(-c3ccccc3)c2cc1Cl)C(N)=O. The van der Waals surface area contributed by atoms with E-state index in [1.165, 1.54) is 19.1 Å². The third kappa shape index (κ3) is 3.12. The third-order valence-electron chi connectivity index (χ3n) is 3.59. The maximum absolute atomic E-state index is 11.9. The van der Waals surface area contributed by atoms with Crippen molar-refractivity contribution in [3.05, 3.63) is 64.0 Å². The molecular formula is C18H14ClNO4. The number of hydrogen-bond acceptors (Lipinski definition) is 4. The van der Waals surface area contributed by atoms with E-state index in [1.807, 2.05) is 30.3 Å². The molecular weight excluding hydrogens is 330 g/mol. The molecule has 5 nitrogen and oxygen atoms in total. The lowest BCUT2D eigenvalue weighted by Gasteiger charge is -2.14. The molecule has 0 aliphatic heterocycles. The van der Waals surface area contributed by atoms with Crippen molar-refractivity contribution in [2.24, 2.45) is 5.73 Å². The Balaban J connectivity index is 2.18. The Labute approximate surface area is 142 Å². The van der Waals surface area contributed by atoms with Crippen molar-refractivity contribution in [1.29, 1.82) is 0 Å². The number of benzene rings is 2. The summed E-state index contributed by atoms with van der Waals surface area (Å²) in [4.78, 5) is 23.0. The summed E-state index contributed by atoms with van der Waals surface area (Å²) in [7, 11) is 0. The molecule has 2 aromatic carbocycles. The van der Waals surface area contributed by atoms with Crippen LogP contribution in [0.4, 0.5) is 0 Å². The van der Waals surface area contributed by atoms with E-state index in [-0.39, 0.29) is 5.75 Å². The Hall–Kier alpha value is -2.79. The predicted molar refractivity (Wildman–Crippen MR) is 92.2 cm³/mol. The Morgan fingerprint density at radius 2 is 1.92 bits per heavy atom. The average molecular weight is 344 g/mol. The van der Waals surface area contributed by atoms with Crippen LogP contribution in [0.25, 0.3) is 22.1 Å². The van der Waals surface area contributed by atoms with Gasteiger partial charge in [0.05, 0.1) is 5.02 Å². The molecule has 1 atom stereocenters. The van der Waals surface area contributed by atoms with E-state index in [4.69, 9.17) is 26.5 Å². The molecule has 0 spiro atoms. The molecule has 0 fully saturated rings. The fourth-order valence-corrected chi connectivity index (χ4v) is 2.57. The molecule has 1 heterocycles. The molecule has 122 valence electrons. The maximum Gasteiger partial charge on any atom is 0.336 e.